The zero-order valence-corrected chi connectivity index (χ0v) is 13.0. The summed E-state index contributed by atoms with van der Waals surface area (Å²) in [7, 11) is 1.77. The first kappa shape index (κ1) is 15.4. The van der Waals surface area contributed by atoms with E-state index in [-0.39, 0.29) is 12.1 Å². The number of amides is 2. The third-order valence-electron chi connectivity index (χ3n) is 3.30. The Morgan fingerprint density at radius 2 is 1.90 bits per heavy atom. The molecule has 0 aliphatic carbocycles. The molecule has 2 aromatic carbocycles. The highest BCUT2D eigenvalue weighted by atomic mass is 35.5. The number of carbonyl (C=O) groups is 1. The van der Waals surface area contributed by atoms with E-state index in [0.29, 0.717) is 11.6 Å². The van der Waals surface area contributed by atoms with E-state index in [4.69, 9.17) is 11.6 Å². The molecule has 0 fully saturated rings. The van der Waals surface area contributed by atoms with E-state index in [2.05, 4.69) is 5.32 Å². The molecule has 0 aromatic heterocycles. The number of carbonyl (C=O) groups excluding carboxylic acids is 1. The van der Waals surface area contributed by atoms with Crippen LogP contribution in [0.2, 0.25) is 5.02 Å². The Morgan fingerprint density at radius 3 is 2.57 bits per heavy atom. The average molecular weight is 303 g/mol. The van der Waals surface area contributed by atoms with Gasteiger partial charge in [0, 0.05) is 18.6 Å². The van der Waals surface area contributed by atoms with Crippen molar-refractivity contribution in [3.63, 3.8) is 0 Å². The molecule has 0 aliphatic heterocycles. The van der Waals surface area contributed by atoms with Gasteiger partial charge in [-0.15, -0.1) is 0 Å². The Bertz CT molecular complexity index is 601. The van der Waals surface area contributed by atoms with E-state index in [9.17, 15) is 4.79 Å². The van der Waals surface area contributed by atoms with Gasteiger partial charge in [-0.1, -0.05) is 54.1 Å². The summed E-state index contributed by atoms with van der Waals surface area (Å²) in [5, 5.41) is 3.66. The molecule has 0 bridgehead atoms. The minimum Gasteiger partial charge on any atom is -0.331 e. The lowest BCUT2D eigenvalue weighted by Crippen LogP contribution is -2.38. The molecule has 110 valence electrons. The lowest BCUT2D eigenvalue weighted by Gasteiger charge is -2.21. The van der Waals surface area contributed by atoms with Gasteiger partial charge in [0.25, 0.3) is 0 Å². The van der Waals surface area contributed by atoms with Crippen molar-refractivity contribution >= 4 is 17.6 Å². The number of hydrogen-bond donors (Lipinski definition) is 1. The Balaban J connectivity index is 1.94. The van der Waals surface area contributed by atoms with E-state index in [1.807, 2.05) is 61.5 Å². The summed E-state index contributed by atoms with van der Waals surface area (Å²) in [6, 6.07) is 17.3. The van der Waals surface area contributed by atoms with Crippen molar-refractivity contribution in [2.24, 2.45) is 0 Å². The molecule has 0 spiro atoms. The summed E-state index contributed by atoms with van der Waals surface area (Å²) >= 11 is 5.95. The van der Waals surface area contributed by atoms with Gasteiger partial charge in [0.1, 0.15) is 0 Å². The lowest BCUT2D eigenvalue weighted by atomic mass is 10.1. The maximum absolute atomic E-state index is 12.2. The summed E-state index contributed by atoms with van der Waals surface area (Å²) in [5.41, 5.74) is 2.09. The minimum absolute atomic E-state index is 0.0273. The second kappa shape index (κ2) is 7.14. The highest BCUT2D eigenvalue weighted by Gasteiger charge is 2.13. The van der Waals surface area contributed by atoms with Crippen LogP contribution in [0.1, 0.15) is 24.1 Å². The molecule has 1 N–H and O–H groups in total. The van der Waals surface area contributed by atoms with Gasteiger partial charge < -0.3 is 10.2 Å². The second-order valence-corrected chi connectivity index (χ2v) is 5.50. The van der Waals surface area contributed by atoms with Gasteiger partial charge in [0.05, 0.1) is 6.04 Å². The van der Waals surface area contributed by atoms with Crippen LogP contribution >= 0.6 is 11.6 Å². The van der Waals surface area contributed by atoms with Crippen LogP contribution in [-0.4, -0.2) is 18.0 Å². The monoisotopic (exact) mass is 302 g/mol. The maximum atomic E-state index is 12.2. The van der Waals surface area contributed by atoms with Crippen LogP contribution in [-0.2, 0) is 6.54 Å². The third-order valence-corrected chi connectivity index (χ3v) is 3.53. The maximum Gasteiger partial charge on any atom is 0.317 e. The summed E-state index contributed by atoms with van der Waals surface area (Å²) in [6.07, 6.45) is 0. The number of benzene rings is 2. The predicted octanol–water partition coefficient (Wildman–Crippen LogP) is 4.24. The molecule has 0 saturated carbocycles. The van der Waals surface area contributed by atoms with Crippen LogP contribution < -0.4 is 5.32 Å². The van der Waals surface area contributed by atoms with E-state index in [1.54, 1.807) is 11.9 Å². The Labute approximate surface area is 130 Å². The Hall–Kier alpha value is -2.00. The van der Waals surface area contributed by atoms with Crippen molar-refractivity contribution in [1.29, 1.82) is 0 Å². The Morgan fingerprint density at radius 1 is 1.19 bits per heavy atom. The molecule has 0 aliphatic rings. The van der Waals surface area contributed by atoms with Gasteiger partial charge in [-0.3, -0.25) is 0 Å². The number of rotatable bonds is 4. The summed E-state index contributed by atoms with van der Waals surface area (Å²) in [6.45, 7) is 2.49. The summed E-state index contributed by atoms with van der Waals surface area (Å²) < 4.78 is 0. The molecular weight excluding hydrogens is 284 g/mol. The molecule has 0 heterocycles. The van der Waals surface area contributed by atoms with Crippen LogP contribution in [0.4, 0.5) is 4.79 Å². The van der Waals surface area contributed by atoms with Gasteiger partial charge >= 0.3 is 6.03 Å². The second-order valence-electron chi connectivity index (χ2n) is 5.07. The average Bonchev–Trinajstić information content (AvgIpc) is 2.48. The fourth-order valence-electron chi connectivity index (χ4n) is 2.10. The van der Waals surface area contributed by atoms with E-state index in [0.717, 1.165) is 11.1 Å². The third kappa shape index (κ3) is 4.50. The van der Waals surface area contributed by atoms with Crippen molar-refractivity contribution in [3.05, 3.63) is 70.7 Å². The Kier molecular flexibility index (Phi) is 5.23. The zero-order valence-electron chi connectivity index (χ0n) is 12.2. The molecular formula is C17H19ClN2O. The van der Waals surface area contributed by atoms with Crippen molar-refractivity contribution in [2.75, 3.05) is 7.05 Å². The van der Waals surface area contributed by atoms with Gasteiger partial charge in [-0.2, -0.15) is 0 Å². The van der Waals surface area contributed by atoms with Gasteiger partial charge in [0.2, 0.25) is 0 Å². The molecule has 2 rings (SSSR count). The topological polar surface area (TPSA) is 32.3 Å². The van der Waals surface area contributed by atoms with Gasteiger partial charge in [0.15, 0.2) is 0 Å². The molecule has 0 radical (unpaired) electrons. The molecule has 4 heteroatoms. The van der Waals surface area contributed by atoms with Crippen molar-refractivity contribution in [2.45, 2.75) is 19.5 Å². The van der Waals surface area contributed by atoms with Crippen LogP contribution in [0.25, 0.3) is 0 Å². The summed E-state index contributed by atoms with van der Waals surface area (Å²) in [4.78, 5) is 13.8. The first-order chi connectivity index (χ1) is 10.1. The molecule has 1 unspecified atom stereocenters. The van der Waals surface area contributed by atoms with Crippen molar-refractivity contribution in [3.8, 4) is 0 Å². The van der Waals surface area contributed by atoms with Crippen LogP contribution in [0.15, 0.2) is 54.6 Å². The first-order valence-corrected chi connectivity index (χ1v) is 7.25. The quantitative estimate of drug-likeness (QED) is 0.900. The SMILES string of the molecule is CC(NC(=O)N(C)Cc1cccc(Cl)c1)c1ccccc1. The highest BCUT2D eigenvalue weighted by molar-refractivity contribution is 6.30. The fraction of sp³-hybridized carbons (Fsp3) is 0.235. The lowest BCUT2D eigenvalue weighted by molar-refractivity contribution is 0.203. The molecule has 3 nitrogen and oxygen atoms in total. The molecule has 2 amide bonds. The highest BCUT2D eigenvalue weighted by Crippen LogP contribution is 2.14. The van der Waals surface area contributed by atoms with Crippen molar-refractivity contribution in [1.82, 2.24) is 10.2 Å². The van der Waals surface area contributed by atoms with Gasteiger partial charge in [-0.25, -0.2) is 4.79 Å². The number of hydrogen-bond acceptors (Lipinski definition) is 1. The number of nitrogens with zero attached hydrogens (tertiary/aromatic N) is 1. The molecule has 2 aromatic rings. The van der Waals surface area contributed by atoms with Crippen LogP contribution in [0.3, 0.4) is 0 Å². The smallest absolute Gasteiger partial charge is 0.317 e. The van der Waals surface area contributed by atoms with Crippen molar-refractivity contribution < 1.29 is 4.79 Å². The van der Waals surface area contributed by atoms with E-state index in [1.165, 1.54) is 0 Å². The molecule has 21 heavy (non-hydrogen) atoms. The predicted molar refractivity (Wildman–Crippen MR) is 86.3 cm³/mol. The van der Waals surface area contributed by atoms with Crippen LogP contribution in [0.5, 0.6) is 0 Å². The molecule has 1 atom stereocenters. The number of halogens is 1. The normalized spacial score (nSPS) is 11.8. The first-order valence-electron chi connectivity index (χ1n) is 6.87. The molecule has 0 saturated heterocycles. The van der Waals surface area contributed by atoms with E-state index >= 15 is 0 Å². The zero-order chi connectivity index (χ0) is 15.2. The number of urea groups is 1. The van der Waals surface area contributed by atoms with Crippen LogP contribution in [0, 0.1) is 0 Å². The number of nitrogens with one attached hydrogen (secondary N) is 1. The fourth-order valence-corrected chi connectivity index (χ4v) is 2.31. The minimum atomic E-state index is -0.105. The largest absolute Gasteiger partial charge is 0.331 e. The summed E-state index contributed by atoms with van der Waals surface area (Å²) in [5.74, 6) is 0. The van der Waals surface area contributed by atoms with E-state index < -0.39 is 0 Å². The standard InChI is InChI=1S/C17H19ClN2O/c1-13(15-8-4-3-5-9-15)19-17(21)20(2)12-14-7-6-10-16(18)11-14/h3-11,13H,12H2,1-2H3,(H,19,21). The van der Waals surface area contributed by atoms with Gasteiger partial charge in [-0.05, 0) is 30.2 Å².